The number of furan rings is 1. The molecule has 1 saturated heterocycles. The molecule has 1 aliphatic rings. The van der Waals surface area contributed by atoms with Crippen LogP contribution in [0.1, 0.15) is 20.3 Å². The topological polar surface area (TPSA) is 94.4 Å². The molecular formula is C17H22N4O3. The Labute approximate surface area is 140 Å². The van der Waals surface area contributed by atoms with Crippen molar-refractivity contribution in [2.75, 3.05) is 18.8 Å². The van der Waals surface area contributed by atoms with Gasteiger partial charge in [0.2, 0.25) is 5.91 Å². The molecule has 1 amide bonds. The maximum atomic E-state index is 12.6. The maximum Gasteiger partial charge on any atom is 0.290 e. The minimum atomic E-state index is -0.461. The van der Waals surface area contributed by atoms with Crippen molar-refractivity contribution in [3.8, 4) is 11.5 Å². The molecule has 1 fully saturated rings. The third-order valence-corrected chi connectivity index (χ3v) is 4.28. The molecule has 128 valence electrons. The lowest BCUT2D eigenvalue weighted by Crippen LogP contribution is -2.45. The van der Waals surface area contributed by atoms with E-state index in [1.54, 1.807) is 12.1 Å². The standard InChI is InChI=1S/C17H22N4O3/c1-11-6-12(2)9-20(8-11)16(22)10-21-17(23)13(18)7-14(19-21)15-4-3-5-24-15/h3-5,7,11-12H,6,8-10,18H2,1-2H3/t11-,12-/m1/s1. The van der Waals surface area contributed by atoms with E-state index in [0.29, 0.717) is 36.4 Å². The van der Waals surface area contributed by atoms with E-state index in [4.69, 9.17) is 10.2 Å². The number of nitrogen functional groups attached to an aromatic ring is 1. The Morgan fingerprint density at radius 2 is 2.08 bits per heavy atom. The van der Waals surface area contributed by atoms with Crippen LogP contribution in [0.3, 0.4) is 0 Å². The van der Waals surface area contributed by atoms with Crippen LogP contribution in [0.15, 0.2) is 33.7 Å². The molecule has 2 aromatic heterocycles. The first-order valence-electron chi connectivity index (χ1n) is 8.13. The molecule has 0 saturated carbocycles. The number of hydrogen-bond acceptors (Lipinski definition) is 5. The zero-order chi connectivity index (χ0) is 17.3. The van der Waals surface area contributed by atoms with Crippen LogP contribution in [0.5, 0.6) is 0 Å². The maximum absolute atomic E-state index is 12.6. The summed E-state index contributed by atoms with van der Waals surface area (Å²) in [5.74, 6) is 1.31. The first kappa shape index (κ1) is 16.3. The number of nitrogens with two attached hydrogens (primary N) is 1. The van der Waals surface area contributed by atoms with E-state index in [1.165, 1.54) is 12.3 Å². The van der Waals surface area contributed by atoms with Gasteiger partial charge in [-0.05, 0) is 36.5 Å². The smallest absolute Gasteiger partial charge is 0.290 e. The van der Waals surface area contributed by atoms with Gasteiger partial charge in [0.25, 0.3) is 5.56 Å². The van der Waals surface area contributed by atoms with Crippen molar-refractivity contribution in [1.29, 1.82) is 0 Å². The molecule has 24 heavy (non-hydrogen) atoms. The Bertz CT molecular complexity index is 772. The number of nitrogens with zero attached hydrogens (tertiary/aromatic N) is 3. The molecule has 3 rings (SSSR count). The number of hydrogen-bond donors (Lipinski definition) is 1. The van der Waals surface area contributed by atoms with Gasteiger partial charge in [-0.3, -0.25) is 9.59 Å². The fourth-order valence-corrected chi connectivity index (χ4v) is 3.31. The van der Waals surface area contributed by atoms with Crippen molar-refractivity contribution < 1.29 is 9.21 Å². The predicted octanol–water partition coefficient (Wildman–Crippen LogP) is 1.59. The molecule has 0 unspecified atom stereocenters. The third-order valence-electron chi connectivity index (χ3n) is 4.28. The van der Waals surface area contributed by atoms with Gasteiger partial charge in [0.15, 0.2) is 5.76 Å². The van der Waals surface area contributed by atoms with Gasteiger partial charge in [0, 0.05) is 13.1 Å². The second-order valence-electron chi connectivity index (χ2n) is 6.67. The fraction of sp³-hybridized carbons (Fsp3) is 0.471. The van der Waals surface area contributed by atoms with Crippen LogP contribution in [-0.4, -0.2) is 33.7 Å². The summed E-state index contributed by atoms with van der Waals surface area (Å²) in [7, 11) is 0. The molecule has 0 aliphatic carbocycles. The van der Waals surface area contributed by atoms with Gasteiger partial charge in [0.05, 0.1) is 6.26 Å². The summed E-state index contributed by atoms with van der Waals surface area (Å²) in [5.41, 5.74) is 5.81. The number of anilines is 1. The van der Waals surface area contributed by atoms with Crippen molar-refractivity contribution in [1.82, 2.24) is 14.7 Å². The second kappa shape index (κ2) is 6.51. The van der Waals surface area contributed by atoms with Crippen molar-refractivity contribution in [2.45, 2.75) is 26.8 Å². The summed E-state index contributed by atoms with van der Waals surface area (Å²) < 4.78 is 6.41. The number of carbonyl (C=O) groups excluding carboxylic acids is 1. The lowest BCUT2D eigenvalue weighted by molar-refractivity contribution is -0.134. The largest absolute Gasteiger partial charge is 0.463 e. The van der Waals surface area contributed by atoms with Gasteiger partial charge >= 0.3 is 0 Å². The van der Waals surface area contributed by atoms with E-state index in [9.17, 15) is 9.59 Å². The van der Waals surface area contributed by atoms with E-state index < -0.39 is 5.56 Å². The van der Waals surface area contributed by atoms with E-state index >= 15 is 0 Å². The average molecular weight is 330 g/mol. The molecule has 0 spiro atoms. The van der Waals surface area contributed by atoms with Crippen molar-refractivity contribution >= 4 is 11.6 Å². The number of piperidine rings is 1. The Hall–Kier alpha value is -2.57. The molecule has 0 aromatic carbocycles. The molecule has 3 heterocycles. The SMILES string of the molecule is C[C@@H]1C[C@@H](C)CN(C(=O)Cn2nc(-c3ccco3)cc(N)c2=O)C1. The molecule has 7 nitrogen and oxygen atoms in total. The lowest BCUT2D eigenvalue weighted by Gasteiger charge is -2.35. The Balaban J connectivity index is 1.84. The number of carbonyl (C=O) groups is 1. The monoisotopic (exact) mass is 330 g/mol. The van der Waals surface area contributed by atoms with Gasteiger partial charge in [-0.1, -0.05) is 13.8 Å². The molecule has 2 N–H and O–H groups in total. The molecule has 0 bridgehead atoms. The van der Waals surface area contributed by atoms with Gasteiger partial charge < -0.3 is 15.1 Å². The Kier molecular flexibility index (Phi) is 4.42. The number of aromatic nitrogens is 2. The summed E-state index contributed by atoms with van der Waals surface area (Å²) >= 11 is 0. The van der Waals surface area contributed by atoms with Crippen molar-refractivity contribution in [3.63, 3.8) is 0 Å². The summed E-state index contributed by atoms with van der Waals surface area (Å²) in [6.45, 7) is 5.58. The van der Waals surface area contributed by atoms with Gasteiger partial charge in [-0.2, -0.15) is 5.10 Å². The second-order valence-corrected chi connectivity index (χ2v) is 6.67. The predicted molar refractivity (Wildman–Crippen MR) is 90.1 cm³/mol. The van der Waals surface area contributed by atoms with E-state index in [0.717, 1.165) is 11.1 Å². The minimum absolute atomic E-state index is 0.0459. The minimum Gasteiger partial charge on any atom is -0.463 e. The van der Waals surface area contributed by atoms with Gasteiger partial charge in [-0.15, -0.1) is 0 Å². The van der Waals surface area contributed by atoms with Crippen LogP contribution in [0.2, 0.25) is 0 Å². The van der Waals surface area contributed by atoms with Crippen LogP contribution in [0, 0.1) is 11.8 Å². The Morgan fingerprint density at radius 1 is 1.38 bits per heavy atom. The Morgan fingerprint density at radius 3 is 2.71 bits per heavy atom. The molecule has 2 aromatic rings. The highest BCUT2D eigenvalue weighted by Gasteiger charge is 2.26. The summed E-state index contributed by atoms with van der Waals surface area (Å²) in [6.07, 6.45) is 2.63. The first-order chi connectivity index (χ1) is 11.4. The molecule has 2 atom stereocenters. The van der Waals surface area contributed by atoms with Crippen LogP contribution in [-0.2, 0) is 11.3 Å². The zero-order valence-corrected chi connectivity index (χ0v) is 13.9. The molecule has 0 radical (unpaired) electrons. The molecule has 1 aliphatic heterocycles. The van der Waals surface area contributed by atoms with Crippen LogP contribution in [0.25, 0.3) is 11.5 Å². The molecule has 7 heteroatoms. The van der Waals surface area contributed by atoms with Gasteiger partial charge in [-0.25, -0.2) is 4.68 Å². The highest BCUT2D eigenvalue weighted by molar-refractivity contribution is 5.76. The third kappa shape index (κ3) is 3.34. The van der Waals surface area contributed by atoms with E-state index in [1.807, 2.05) is 4.90 Å². The lowest BCUT2D eigenvalue weighted by atomic mass is 9.92. The average Bonchev–Trinajstić information content (AvgIpc) is 3.05. The number of likely N-dealkylation sites (tertiary alicyclic amines) is 1. The summed E-state index contributed by atoms with van der Waals surface area (Å²) in [5, 5.41) is 4.23. The van der Waals surface area contributed by atoms with E-state index in [2.05, 4.69) is 18.9 Å². The first-order valence-corrected chi connectivity index (χ1v) is 8.13. The van der Waals surface area contributed by atoms with Crippen molar-refractivity contribution in [3.05, 3.63) is 34.8 Å². The number of rotatable bonds is 3. The summed E-state index contributed by atoms with van der Waals surface area (Å²) in [4.78, 5) is 26.6. The zero-order valence-electron chi connectivity index (χ0n) is 13.9. The quantitative estimate of drug-likeness (QED) is 0.922. The summed E-state index contributed by atoms with van der Waals surface area (Å²) in [6, 6.07) is 4.92. The normalized spacial score (nSPS) is 21.0. The van der Waals surface area contributed by atoms with Crippen LogP contribution in [0.4, 0.5) is 5.69 Å². The van der Waals surface area contributed by atoms with Gasteiger partial charge in [0.1, 0.15) is 17.9 Å². The molecular weight excluding hydrogens is 308 g/mol. The highest BCUT2D eigenvalue weighted by Crippen LogP contribution is 2.21. The van der Waals surface area contributed by atoms with E-state index in [-0.39, 0.29) is 18.1 Å². The van der Waals surface area contributed by atoms with Crippen LogP contribution >= 0.6 is 0 Å². The van der Waals surface area contributed by atoms with Crippen LogP contribution < -0.4 is 11.3 Å². The van der Waals surface area contributed by atoms with Crippen molar-refractivity contribution in [2.24, 2.45) is 11.8 Å². The fourth-order valence-electron chi connectivity index (χ4n) is 3.31. The highest BCUT2D eigenvalue weighted by atomic mass is 16.3. The number of amides is 1.